The van der Waals surface area contributed by atoms with E-state index < -0.39 is 0 Å². The second kappa shape index (κ2) is 7.65. The number of fused-ring (bicyclic) bond motifs is 3. The molecule has 1 saturated heterocycles. The van der Waals surface area contributed by atoms with Gasteiger partial charge in [-0.1, -0.05) is 38.1 Å². The van der Waals surface area contributed by atoms with E-state index in [0.29, 0.717) is 5.92 Å². The Balaban J connectivity index is 1.29. The Morgan fingerprint density at radius 2 is 1.70 bits per heavy atom. The number of benzene rings is 2. The molecule has 0 saturated carbocycles. The Labute approximate surface area is 176 Å². The van der Waals surface area contributed by atoms with Gasteiger partial charge in [0, 0.05) is 44.6 Å². The summed E-state index contributed by atoms with van der Waals surface area (Å²) in [4.78, 5) is 20.3. The molecule has 2 aromatic carbocycles. The molecule has 1 N–H and O–H groups in total. The zero-order valence-electron chi connectivity index (χ0n) is 17.6. The number of H-pyrrole nitrogens is 1. The number of nitrogens with zero attached hydrogens (tertiary/aromatic N) is 3. The van der Waals surface area contributed by atoms with Crippen molar-refractivity contribution in [2.75, 3.05) is 31.1 Å². The van der Waals surface area contributed by atoms with Gasteiger partial charge in [0.2, 0.25) is 0 Å². The molecule has 154 valence electrons. The van der Waals surface area contributed by atoms with Crippen LogP contribution in [0.5, 0.6) is 0 Å². The van der Waals surface area contributed by atoms with Crippen LogP contribution in [0.3, 0.4) is 0 Å². The summed E-state index contributed by atoms with van der Waals surface area (Å²) in [6, 6.07) is 18.9. The number of anilines is 1. The van der Waals surface area contributed by atoms with Crippen molar-refractivity contribution in [3.8, 4) is 0 Å². The quantitative estimate of drug-likeness (QED) is 0.558. The Morgan fingerprint density at radius 1 is 0.967 bits per heavy atom. The highest BCUT2D eigenvalue weighted by Gasteiger charge is 2.18. The van der Waals surface area contributed by atoms with Gasteiger partial charge in [0.1, 0.15) is 5.65 Å². The molecule has 1 aliphatic rings. The van der Waals surface area contributed by atoms with Crippen molar-refractivity contribution in [1.82, 2.24) is 14.3 Å². The second-order valence-corrected chi connectivity index (χ2v) is 8.58. The maximum absolute atomic E-state index is 12.3. The van der Waals surface area contributed by atoms with Crippen LogP contribution in [0.25, 0.3) is 16.6 Å². The normalized spacial score (nSPS) is 15.5. The van der Waals surface area contributed by atoms with Gasteiger partial charge in [0.15, 0.2) is 0 Å². The van der Waals surface area contributed by atoms with Crippen molar-refractivity contribution < 1.29 is 0 Å². The predicted molar refractivity (Wildman–Crippen MR) is 124 cm³/mol. The Kier molecular flexibility index (Phi) is 4.83. The van der Waals surface area contributed by atoms with Crippen LogP contribution >= 0.6 is 0 Å². The van der Waals surface area contributed by atoms with Crippen LogP contribution in [0, 0.1) is 0 Å². The molecule has 0 radical (unpaired) electrons. The molecule has 0 amide bonds. The maximum Gasteiger partial charge on any atom is 0.258 e. The third-order valence-electron chi connectivity index (χ3n) is 6.23. The summed E-state index contributed by atoms with van der Waals surface area (Å²) < 4.78 is 2.10. The van der Waals surface area contributed by atoms with Gasteiger partial charge in [-0.15, -0.1) is 0 Å². The summed E-state index contributed by atoms with van der Waals surface area (Å²) in [5, 5.41) is 0.726. The first-order valence-electron chi connectivity index (χ1n) is 10.8. The van der Waals surface area contributed by atoms with E-state index in [1.165, 1.54) is 16.8 Å². The minimum Gasteiger partial charge on any atom is -0.369 e. The average molecular weight is 401 g/mol. The summed E-state index contributed by atoms with van der Waals surface area (Å²) in [6.45, 7) is 9.51. The van der Waals surface area contributed by atoms with E-state index in [9.17, 15) is 4.79 Å². The lowest BCUT2D eigenvalue weighted by Crippen LogP contribution is -2.45. The average Bonchev–Trinajstić information content (AvgIpc) is 3.17. The highest BCUT2D eigenvalue weighted by Crippen LogP contribution is 2.22. The van der Waals surface area contributed by atoms with E-state index in [1.54, 1.807) is 0 Å². The van der Waals surface area contributed by atoms with E-state index in [1.807, 2.05) is 24.3 Å². The molecule has 0 aliphatic carbocycles. The molecular weight excluding hydrogens is 372 g/mol. The van der Waals surface area contributed by atoms with Crippen LogP contribution in [0.15, 0.2) is 65.6 Å². The molecule has 0 bridgehead atoms. The minimum absolute atomic E-state index is 0.0279. The van der Waals surface area contributed by atoms with Gasteiger partial charge in [-0.25, -0.2) is 0 Å². The first-order valence-corrected chi connectivity index (χ1v) is 10.8. The number of piperazine rings is 1. The first kappa shape index (κ1) is 18.9. The molecule has 1 fully saturated rings. The number of hydrogen-bond donors (Lipinski definition) is 1. The monoisotopic (exact) mass is 400 g/mol. The highest BCUT2D eigenvalue weighted by atomic mass is 16.1. The summed E-state index contributed by atoms with van der Waals surface area (Å²) >= 11 is 0. The topological polar surface area (TPSA) is 43.8 Å². The molecule has 5 heteroatoms. The van der Waals surface area contributed by atoms with Crippen molar-refractivity contribution in [1.29, 1.82) is 0 Å². The second-order valence-electron chi connectivity index (χ2n) is 8.58. The largest absolute Gasteiger partial charge is 0.369 e. The number of aromatic nitrogens is 2. The molecule has 0 atom stereocenters. The maximum atomic E-state index is 12.3. The first-order chi connectivity index (χ1) is 14.6. The lowest BCUT2D eigenvalue weighted by Gasteiger charge is -2.36. The fourth-order valence-electron chi connectivity index (χ4n) is 4.45. The van der Waals surface area contributed by atoms with Gasteiger partial charge in [-0.3, -0.25) is 9.69 Å². The molecule has 2 aromatic heterocycles. The van der Waals surface area contributed by atoms with E-state index in [0.717, 1.165) is 49.3 Å². The Bertz CT molecular complexity index is 1230. The smallest absolute Gasteiger partial charge is 0.258 e. The zero-order chi connectivity index (χ0) is 20.7. The molecule has 3 heterocycles. The molecule has 30 heavy (non-hydrogen) atoms. The fraction of sp³-hybridized carbons (Fsp3) is 0.320. The van der Waals surface area contributed by atoms with Gasteiger partial charge in [-0.05, 0) is 47.4 Å². The van der Waals surface area contributed by atoms with Crippen LogP contribution in [-0.4, -0.2) is 40.5 Å². The van der Waals surface area contributed by atoms with Crippen molar-refractivity contribution >= 4 is 22.2 Å². The van der Waals surface area contributed by atoms with Gasteiger partial charge >= 0.3 is 0 Å². The van der Waals surface area contributed by atoms with Crippen molar-refractivity contribution in [2.45, 2.75) is 26.3 Å². The molecule has 5 nitrogen and oxygen atoms in total. The van der Waals surface area contributed by atoms with Gasteiger partial charge < -0.3 is 14.3 Å². The third-order valence-corrected chi connectivity index (χ3v) is 6.23. The number of nitrogens with one attached hydrogen (secondary N) is 1. The van der Waals surface area contributed by atoms with Crippen molar-refractivity contribution in [3.63, 3.8) is 0 Å². The molecule has 4 aromatic rings. The van der Waals surface area contributed by atoms with Gasteiger partial charge in [-0.2, -0.15) is 0 Å². The Morgan fingerprint density at radius 3 is 2.43 bits per heavy atom. The molecule has 1 aliphatic heterocycles. The lowest BCUT2D eigenvalue weighted by atomic mass is 10.0. The fourth-order valence-corrected chi connectivity index (χ4v) is 4.45. The molecule has 0 unspecified atom stereocenters. The van der Waals surface area contributed by atoms with E-state index in [2.05, 4.69) is 69.6 Å². The standard InChI is InChI=1S/C25H28N4O/c1-18(2)20-7-9-21(10-8-20)28-13-11-27(12-14-28)16-19-15-24-26-25(30)22-5-3-4-6-23(22)29(24)17-19/h3-10,15,17-18H,11-14,16H2,1-2H3,(H,26,30). The van der Waals surface area contributed by atoms with Gasteiger partial charge in [0.05, 0.1) is 10.9 Å². The number of hydrogen-bond acceptors (Lipinski definition) is 3. The predicted octanol–water partition coefficient (Wildman–Crippen LogP) is 4.23. The SMILES string of the molecule is CC(C)c1ccc(N2CCN(Cc3cc4[nH]c(=O)c5ccccc5n4c3)CC2)cc1. The Hall–Kier alpha value is -3.05. The van der Waals surface area contributed by atoms with Crippen LogP contribution in [0.1, 0.15) is 30.9 Å². The van der Waals surface area contributed by atoms with Gasteiger partial charge in [0.25, 0.3) is 5.56 Å². The van der Waals surface area contributed by atoms with E-state index in [-0.39, 0.29) is 5.56 Å². The summed E-state index contributed by atoms with van der Waals surface area (Å²) in [6.07, 6.45) is 2.16. The van der Waals surface area contributed by atoms with Crippen LogP contribution in [0.4, 0.5) is 5.69 Å². The van der Waals surface area contributed by atoms with E-state index >= 15 is 0 Å². The minimum atomic E-state index is -0.0279. The summed E-state index contributed by atoms with van der Waals surface area (Å²) in [5.41, 5.74) is 5.73. The molecule has 0 spiro atoms. The highest BCUT2D eigenvalue weighted by molar-refractivity contribution is 5.80. The number of para-hydroxylation sites is 1. The summed E-state index contributed by atoms with van der Waals surface area (Å²) in [7, 11) is 0. The zero-order valence-corrected chi connectivity index (χ0v) is 17.6. The molecule has 5 rings (SSSR count). The van der Waals surface area contributed by atoms with Crippen LogP contribution < -0.4 is 10.5 Å². The number of aromatic amines is 1. The van der Waals surface area contributed by atoms with Crippen LogP contribution in [0.2, 0.25) is 0 Å². The summed E-state index contributed by atoms with van der Waals surface area (Å²) in [5.74, 6) is 0.570. The van der Waals surface area contributed by atoms with E-state index in [4.69, 9.17) is 0 Å². The third kappa shape index (κ3) is 3.50. The van der Waals surface area contributed by atoms with Crippen molar-refractivity contribution in [3.05, 3.63) is 82.3 Å². The van der Waals surface area contributed by atoms with Crippen molar-refractivity contribution in [2.24, 2.45) is 0 Å². The van der Waals surface area contributed by atoms with Crippen LogP contribution in [-0.2, 0) is 6.54 Å². The molecular formula is C25H28N4O. The number of rotatable bonds is 4. The lowest BCUT2D eigenvalue weighted by molar-refractivity contribution is 0.250.